The van der Waals surface area contributed by atoms with Crippen LogP contribution < -0.4 is 4.90 Å². The molecule has 0 aliphatic heterocycles. The van der Waals surface area contributed by atoms with Crippen molar-refractivity contribution in [1.82, 2.24) is 0 Å². The maximum atomic E-state index is 7.06. The first kappa shape index (κ1) is 41.7. The fraction of sp³-hybridized carbons (Fsp3) is 0.0286. The van der Waals surface area contributed by atoms with E-state index in [1.165, 1.54) is 88.7 Å². The SMILES string of the molecule is C(=C(\Cc1ccc2c(c1)C1(c3ccccc3-2)c2cc(N(c3ccccc3)c3cccc4ccccc34)ccc2-c2oc3ccccc3c21)c1ccc(-c2ccccc2)cc1)/c1ccc(-c2ccccc2)cc1. The number of furan rings is 1. The molecule has 14 rings (SSSR count). The molecule has 2 aliphatic rings. The van der Waals surface area contributed by atoms with Gasteiger partial charge < -0.3 is 9.32 Å². The zero-order valence-electron chi connectivity index (χ0n) is 39.5. The van der Waals surface area contributed by atoms with Gasteiger partial charge in [-0.05, 0) is 127 Å². The number of nitrogens with zero attached hydrogens (tertiary/aromatic N) is 1. The molecule has 1 aromatic heterocycles. The lowest BCUT2D eigenvalue weighted by atomic mass is 9.69. The highest BCUT2D eigenvalue weighted by molar-refractivity contribution is 6.04. The number of anilines is 3. The van der Waals surface area contributed by atoms with Crippen molar-refractivity contribution in [2.45, 2.75) is 11.8 Å². The van der Waals surface area contributed by atoms with Crippen LogP contribution in [0.4, 0.5) is 17.1 Å². The van der Waals surface area contributed by atoms with Crippen molar-refractivity contribution < 1.29 is 4.42 Å². The summed E-state index contributed by atoms with van der Waals surface area (Å²) < 4.78 is 7.06. The van der Waals surface area contributed by atoms with Crippen LogP contribution in [0.1, 0.15) is 38.9 Å². The van der Waals surface area contributed by atoms with Crippen molar-refractivity contribution in [3.8, 4) is 44.7 Å². The van der Waals surface area contributed by atoms with Crippen LogP contribution in [0.5, 0.6) is 0 Å². The second kappa shape index (κ2) is 17.0. The van der Waals surface area contributed by atoms with E-state index in [-0.39, 0.29) is 0 Å². The molecule has 1 atom stereocenters. The van der Waals surface area contributed by atoms with Gasteiger partial charge >= 0.3 is 0 Å². The average molecular weight is 918 g/mol. The van der Waals surface area contributed by atoms with Gasteiger partial charge in [-0.3, -0.25) is 0 Å². The van der Waals surface area contributed by atoms with Crippen LogP contribution in [-0.2, 0) is 11.8 Å². The molecule has 1 heterocycles. The lowest BCUT2D eigenvalue weighted by molar-refractivity contribution is 0.628. The van der Waals surface area contributed by atoms with Gasteiger partial charge in [0.25, 0.3) is 0 Å². The first-order valence-electron chi connectivity index (χ1n) is 24.9. The molecule has 0 N–H and O–H groups in total. The quantitative estimate of drug-likeness (QED) is 0.134. The van der Waals surface area contributed by atoms with Crippen molar-refractivity contribution in [2.75, 3.05) is 4.90 Å². The second-order valence-electron chi connectivity index (χ2n) is 19.2. The molecule has 338 valence electrons. The number of benzene rings is 11. The summed E-state index contributed by atoms with van der Waals surface area (Å²) in [7, 11) is 0. The van der Waals surface area contributed by atoms with Crippen molar-refractivity contribution in [1.29, 1.82) is 0 Å². The molecule has 0 bridgehead atoms. The van der Waals surface area contributed by atoms with Crippen LogP contribution >= 0.6 is 0 Å². The maximum absolute atomic E-state index is 7.06. The number of hydrogen-bond donors (Lipinski definition) is 0. The lowest BCUT2D eigenvalue weighted by Gasteiger charge is -2.32. The van der Waals surface area contributed by atoms with E-state index in [0.29, 0.717) is 0 Å². The average Bonchev–Trinajstić information content (AvgIpc) is 4.07. The molecule has 72 heavy (non-hydrogen) atoms. The Kier molecular flexibility index (Phi) is 9.86. The summed E-state index contributed by atoms with van der Waals surface area (Å²) in [4.78, 5) is 2.43. The minimum atomic E-state index is -0.662. The number of fused-ring (bicyclic) bond motifs is 13. The zero-order valence-corrected chi connectivity index (χ0v) is 39.5. The summed E-state index contributed by atoms with van der Waals surface area (Å²) in [5.74, 6) is 0.945. The minimum Gasteiger partial charge on any atom is -0.456 e. The monoisotopic (exact) mass is 917 g/mol. The Hall–Kier alpha value is -9.24. The third-order valence-electron chi connectivity index (χ3n) is 15.1. The van der Waals surface area contributed by atoms with Crippen LogP contribution in [0.15, 0.2) is 271 Å². The van der Waals surface area contributed by atoms with E-state index in [9.17, 15) is 0 Å². The third-order valence-corrected chi connectivity index (χ3v) is 15.1. The Bertz CT molecular complexity index is 4030. The van der Waals surface area contributed by atoms with E-state index < -0.39 is 5.41 Å². The Morgan fingerprint density at radius 2 is 1.00 bits per heavy atom. The summed E-state index contributed by atoms with van der Waals surface area (Å²) in [6.45, 7) is 0. The summed E-state index contributed by atoms with van der Waals surface area (Å²) in [5, 5.41) is 3.55. The predicted octanol–water partition coefficient (Wildman–Crippen LogP) is 18.5. The van der Waals surface area contributed by atoms with Gasteiger partial charge in [-0.2, -0.15) is 0 Å². The standard InChI is InChI=1S/C70H47NO/c1-4-17-49(18-5-1)51-34-31-47(32-35-51)43-55(53-38-36-52(37-39-53)50-19-6-2-7-20-50)44-48-33-41-60-59-26-12-14-28-63(59)70(64(60)45-48)65-46-57(40-42-61(65)69-68(70)62-27-13-15-30-67(62)72-69)71(56-23-8-3-9-24-56)66-29-16-22-54-21-10-11-25-58(54)66/h1-43,45-46H,44H2/b55-43-. The van der Waals surface area contributed by atoms with E-state index in [4.69, 9.17) is 4.42 Å². The van der Waals surface area contributed by atoms with Gasteiger partial charge in [-0.25, -0.2) is 0 Å². The second-order valence-corrected chi connectivity index (χ2v) is 19.2. The molecule has 2 aliphatic carbocycles. The summed E-state index contributed by atoms with van der Waals surface area (Å²) in [5.41, 5.74) is 21.9. The molecule has 2 heteroatoms. The largest absolute Gasteiger partial charge is 0.456 e. The topological polar surface area (TPSA) is 16.4 Å². The van der Waals surface area contributed by atoms with Crippen molar-refractivity contribution in [3.05, 3.63) is 306 Å². The molecular formula is C70H47NO. The summed E-state index contributed by atoms with van der Waals surface area (Å²) >= 11 is 0. The zero-order chi connectivity index (χ0) is 47.6. The fourth-order valence-electron chi connectivity index (χ4n) is 11.9. The summed E-state index contributed by atoms with van der Waals surface area (Å²) in [6.07, 6.45) is 3.12. The van der Waals surface area contributed by atoms with Gasteiger partial charge in [-0.15, -0.1) is 0 Å². The Morgan fingerprint density at radius 3 is 1.76 bits per heavy atom. The van der Waals surface area contributed by atoms with Gasteiger partial charge in [0.1, 0.15) is 11.3 Å². The van der Waals surface area contributed by atoms with Gasteiger partial charge in [0.15, 0.2) is 0 Å². The lowest BCUT2D eigenvalue weighted by Crippen LogP contribution is -2.26. The van der Waals surface area contributed by atoms with Crippen LogP contribution in [-0.4, -0.2) is 0 Å². The van der Waals surface area contributed by atoms with Crippen molar-refractivity contribution in [2.24, 2.45) is 0 Å². The third kappa shape index (κ3) is 6.72. The number of para-hydroxylation sites is 2. The summed E-state index contributed by atoms with van der Waals surface area (Å²) in [6, 6.07) is 97.5. The van der Waals surface area contributed by atoms with Crippen LogP contribution in [0.3, 0.4) is 0 Å². The molecule has 0 radical (unpaired) electrons. The van der Waals surface area contributed by atoms with E-state index in [2.05, 4.69) is 278 Å². The molecule has 1 unspecified atom stereocenters. The highest BCUT2D eigenvalue weighted by atomic mass is 16.3. The molecule has 0 amide bonds. The van der Waals surface area contributed by atoms with Crippen LogP contribution in [0, 0.1) is 0 Å². The highest BCUT2D eigenvalue weighted by Gasteiger charge is 2.54. The minimum absolute atomic E-state index is 0.662. The number of rotatable bonds is 9. The molecule has 1 spiro atoms. The predicted molar refractivity (Wildman–Crippen MR) is 300 cm³/mol. The molecule has 11 aromatic carbocycles. The van der Waals surface area contributed by atoms with Gasteiger partial charge in [0, 0.05) is 33.3 Å². The first-order chi connectivity index (χ1) is 35.7. The molecule has 12 aromatic rings. The molecule has 0 saturated heterocycles. The van der Waals surface area contributed by atoms with Crippen LogP contribution in [0.25, 0.3) is 78.1 Å². The van der Waals surface area contributed by atoms with E-state index in [1.807, 2.05) is 0 Å². The Labute approximate surface area is 420 Å². The van der Waals surface area contributed by atoms with Crippen LogP contribution in [0.2, 0.25) is 0 Å². The van der Waals surface area contributed by atoms with Gasteiger partial charge in [-0.1, -0.05) is 231 Å². The first-order valence-corrected chi connectivity index (χ1v) is 24.9. The highest BCUT2D eigenvalue weighted by Crippen LogP contribution is 2.65. The normalized spacial score (nSPS) is 14.3. The van der Waals surface area contributed by atoms with Gasteiger partial charge in [0.2, 0.25) is 0 Å². The smallest absolute Gasteiger partial charge is 0.140 e. The molecular weight excluding hydrogens is 871 g/mol. The van der Waals surface area contributed by atoms with E-state index >= 15 is 0 Å². The van der Waals surface area contributed by atoms with Crippen molar-refractivity contribution >= 4 is 50.5 Å². The maximum Gasteiger partial charge on any atom is 0.140 e. The number of allylic oxidation sites excluding steroid dienone is 1. The molecule has 0 fully saturated rings. The molecule has 0 saturated carbocycles. The Balaban J connectivity index is 0.963. The Morgan fingerprint density at radius 1 is 0.417 bits per heavy atom. The van der Waals surface area contributed by atoms with Crippen molar-refractivity contribution in [3.63, 3.8) is 0 Å². The van der Waals surface area contributed by atoms with Gasteiger partial charge in [0.05, 0.1) is 11.1 Å². The fourth-order valence-corrected chi connectivity index (χ4v) is 11.9. The number of hydrogen-bond acceptors (Lipinski definition) is 2. The van der Waals surface area contributed by atoms with E-state index in [0.717, 1.165) is 45.8 Å². The van der Waals surface area contributed by atoms with E-state index in [1.54, 1.807) is 0 Å². The molecule has 2 nitrogen and oxygen atoms in total.